The molecule has 0 atom stereocenters. The molecule has 0 unspecified atom stereocenters. The lowest BCUT2D eigenvalue weighted by atomic mass is 10.1. The molecule has 0 radical (unpaired) electrons. The monoisotopic (exact) mass is 556 g/mol. The lowest BCUT2D eigenvalue weighted by molar-refractivity contribution is -0.112. The van der Waals surface area contributed by atoms with E-state index in [0.29, 0.717) is 43.9 Å². The number of nitrogens with one attached hydrogen (secondary N) is 1. The number of benzene rings is 3. The lowest BCUT2D eigenvalue weighted by Gasteiger charge is -2.10. The summed E-state index contributed by atoms with van der Waals surface area (Å²) < 4.78 is 12.0. The van der Waals surface area contributed by atoms with E-state index in [1.54, 1.807) is 66.7 Å². The maximum absolute atomic E-state index is 12.6. The highest BCUT2D eigenvalue weighted by atomic mass is 79.9. The van der Waals surface area contributed by atoms with Crippen molar-refractivity contribution in [1.82, 2.24) is 0 Å². The second-order valence-corrected chi connectivity index (χ2v) is 8.66. The number of nitriles is 1. The molecule has 8 heteroatoms. The first-order valence-corrected chi connectivity index (χ1v) is 11.6. The smallest absolute Gasteiger partial charge is 0.266 e. The van der Waals surface area contributed by atoms with Crippen LogP contribution in [0.2, 0.25) is 10.0 Å². The summed E-state index contributed by atoms with van der Waals surface area (Å²) in [4.78, 5) is 12.6. The molecule has 0 saturated heterocycles. The van der Waals surface area contributed by atoms with Crippen LogP contribution < -0.4 is 14.8 Å². The Hall–Kier alpha value is -3.24. The van der Waals surface area contributed by atoms with Crippen LogP contribution >= 0.6 is 39.1 Å². The fourth-order valence-corrected chi connectivity index (χ4v) is 3.79. The van der Waals surface area contributed by atoms with Gasteiger partial charge in [0.05, 0.1) is 4.47 Å². The summed E-state index contributed by atoms with van der Waals surface area (Å²) in [6, 6.07) is 19.2. The normalized spacial score (nSPS) is 10.8. The van der Waals surface area contributed by atoms with Gasteiger partial charge in [0.25, 0.3) is 5.91 Å². The Morgan fingerprint density at radius 2 is 1.85 bits per heavy atom. The predicted octanol–water partition coefficient (Wildman–Crippen LogP) is 7.45. The summed E-state index contributed by atoms with van der Waals surface area (Å²) in [5, 5.41) is 13.3. The van der Waals surface area contributed by atoms with Gasteiger partial charge < -0.3 is 14.8 Å². The summed E-state index contributed by atoms with van der Waals surface area (Å²) >= 11 is 15.5. The average Bonchev–Trinajstić information content (AvgIpc) is 2.82. The van der Waals surface area contributed by atoms with Crippen molar-refractivity contribution in [2.45, 2.75) is 6.61 Å². The topological polar surface area (TPSA) is 71.3 Å². The van der Waals surface area contributed by atoms with Crippen molar-refractivity contribution in [3.63, 3.8) is 0 Å². The van der Waals surface area contributed by atoms with Crippen LogP contribution in [0, 0.1) is 11.3 Å². The van der Waals surface area contributed by atoms with Gasteiger partial charge in [-0.3, -0.25) is 4.79 Å². The number of anilines is 1. The molecule has 1 amide bonds. The Kier molecular flexibility index (Phi) is 9.17. The lowest BCUT2D eigenvalue weighted by Crippen LogP contribution is -2.13. The van der Waals surface area contributed by atoms with Crippen LogP contribution in [0.25, 0.3) is 6.08 Å². The second-order valence-electron chi connectivity index (χ2n) is 6.96. The fourth-order valence-electron chi connectivity index (χ4n) is 2.82. The minimum Gasteiger partial charge on any atom is -0.489 e. The van der Waals surface area contributed by atoms with Gasteiger partial charge in [-0.15, -0.1) is 0 Å². The highest BCUT2D eigenvalue weighted by molar-refractivity contribution is 9.10. The number of halogens is 3. The zero-order chi connectivity index (χ0) is 24.5. The summed E-state index contributed by atoms with van der Waals surface area (Å²) in [6.07, 6.45) is 3.15. The first-order valence-electron chi connectivity index (χ1n) is 10.0. The molecule has 0 aliphatic carbocycles. The van der Waals surface area contributed by atoms with E-state index in [1.165, 1.54) is 6.08 Å². The molecule has 0 aliphatic heterocycles. The van der Waals surface area contributed by atoms with Crippen LogP contribution in [-0.2, 0) is 11.4 Å². The van der Waals surface area contributed by atoms with E-state index in [1.807, 2.05) is 6.07 Å². The first kappa shape index (κ1) is 25.4. The van der Waals surface area contributed by atoms with Crippen molar-refractivity contribution in [1.29, 1.82) is 5.26 Å². The van der Waals surface area contributed by atoms with Gasteiger partial charge in [-0.2, -0.15) is 5.26 Å². The molecule has 0 aromatic heterocycles. The third-order valence-electron chi connectivity index (χ3n) is 4.51. The number of carbonyl (C=O) groups excluding carboxylic acids is 1. The summed E-state index contributed by atoms with van der Waals surface area (Å²) in [6.45, 7) is 4.26. The molecule has 3 aromatic rings. The van der Waals surface area contributed by atoms with E-state index >= 15 is 0 Å². The minimum absolute atomic E-state index is 0.0376. The molecule has 3 rings (SSSR count). The van der Waals surface area contributed by atoms with Crippen molar-refractivity contribution in [3.8, 4) is 17.6 Å². The Bertz CT molecular complexity index is 1270. The highest BCUT2D eigenvalue weighted by Crippen LogP contribution is 2.27. The molecule has 3 aromatic carbocycles. The molecule has 0 aliphatic rings. The largest absolute Gasteiger partial charge is 0.489 e. The van der Waals surface area contributed by atoms with E-state index < -0.39 is 5.91 Å². The number of ether oxygens (including phenoxy) is 2. The molecule has 0 spiro atoms. The zero-order valence-electron chi connectivity index (χ0n) is 17.9. The molecule has 0 bridgehead atoms. The molecular weight excluding hydrogens is 539 g/mol. The van der Waals surface area contributed by atoms with E-state index in [9.17, 15) is 10.1 Å². The van der Waals surface area contributed by atoms with Crippen molar-refractivity contribution < 1.29 is 14.3 Å². The molecule has 172 valence electrons. The van der Waals surface area contributed by atoms with Gasteiger partial charge >= 0.3 is 0 Å². The van der Waals surface area contributed by atoms with Gasteiger partial charge in [-0.1, -0.05) is 48.0 Å². The molecule has 34 heavy (non-hydrogen) atoms. The maximum Gasteiger partial charge on any atom is 0.266 e. The van der Waals surface area contributed by atoms with Crippen molar-refractivity contribution in [2.75, 3.05) is 11.9 Å². The number of carbonyl (C=O) groups is 1. The number of hydrogen-bond acceptors (Lipinski definition) is 4. The minimum atomic E-state index is -0.521. The van der Waals surface area contributed by atoms with Gasteiger partial charge in [-0.25, -0.2) is 0 Å². The molecular formula is C26H19BrCl2N2O3. The Morgan fingerprint density at radius 1 is 1.09 bits per heavy atom. The fraction of sp³-hybridized carbons (Fsp3) is 0.0769. The van der Waals surface area contributed by atoms with Crippen LogP contribution in [0.1, 0.15) is 11.1 Å². The Balaban J connectivity index is 1.63. The van der Waals surface area contributed by atoms with Crippen LogP contribution in [0.5, 0.6) is 11.5 Å². The molecule has 0 heterocycles. The molecule has 5 nitrogen and oxygen atoms in total. The highest BCUT2D eigenvalue weighted by Gasteiger charge is 2.11. The third-order valence-corrected chi connectivity index (χ3v) is 5.72. The van der Waals surface area contributed by atoms with Gasteiger partial charge in [0.1, 0.15) is 36.4 Å². The third kappa shape index (κ3) is 7.13. The number of amides is 1. The summed E-state index contributed by atoms with van der Waals surface area (Å²) in [7, 11) is 0. The van der Waals surface area contributed by atoms with E-state index in [-0.39, 0.29) is 12.2 Å². The van der Waals surface area contributed by atoms with Crippen molar-refractivity contribution >= 4 is 56.8 Å². The second kappa shape index (κ2) is 12.3. The van der Waals surface area contributed by atoms with Gasteiger partial charge in [0.2, 0.25) is 0 Å². The van der Waals surface area contributed by atoms with E-state index in [2.05, 4.69) is 27.8 Å². The molecule has 0 saturated carbocycles. The van der Waals surface area contributed by atoms with Gasteiger partial charge in [-0.05, 0) is 76.1 Å². The zero-order valence-corrected chi connectivity index (χ0v) is 21.0. The summed E-state index contributed by atoms with van der Waals surface area (Å²) in [5.74, 6) is 0.719. The van der Waals surface area contributed by atoms with E-state index in [4.69, 9.17) is 32.7 Å². The molecule has 1 N–H and O–H groups in total. The average molecular weight is 558 g/mol. The van der Waals surface area contributed by atoms with Crippen molar-refractivity contribution in [2.24, 2.45) is 0 Å². The Morgan fingerprint density at radius 3 is 2.50 bits per heavy atom. The molecule has 0 fully saturated rings. The van der Waals surface area contributed by atoms with Crippen LogP contribution in [0.15, 0.2) is 83.4 Å². The predicted molar refractivity (Wildman–Crippen MR) is 139 cm³/mol. The van der Waals surface area contributed by atoms with Gasteiger partial charge in [0, 0.05) is 21.3 Å². The number of hydrogen-bond donors (Lipinski definition) is 1. The standard InChI is InChI=1S/C26H19BrCl2N2O3/c1-2-11-33-25-10-3-17(13-23(25)27)12-19(15-30)26(32)31-21-6-8-22(9-7-21)34-16-18-4-5-20(28)14-24(18)29/h2-10,12-14H,1,11,16H2,(H,31,32)/b19-12+. The van der Waals surface area contributed by atoms with Crippen LogP contribution in [-0.4, -0.2) is 12.5 Å². The van der Waals surface area contributed by atoms with Crippen LogP contribution in [0.3, 0.4) is 0 Å². The van der Waals surface area contributed by atoms with Crippen LogP contribution in [0.4, 0.5) is 5.69 Å². The number of rotatable bonds is 9. The quantitative estimate of drug-likeness (QED) is 0.168. The van der Waals surface area contributed by atoms with Crippen molar-refractivity contribution in [3.05, 3.63) is 105 Å². The Labute approximate surface area is 216 Å². The van der Waals surface area contributed by atoms with Gasteiger partial charge in [0.15, 0.2) is 0 Å². The van der Waals surface area contributed by atoms with E-state index in [0.717, 1.165) is 5.56 Å². The SMILES string of the molecule is C=CCOc1ccc(/C=C(\C#N)C(=O)Nc2ccc(OCc3ccc(Cl)cc3Cl)cc2)cc1Br. The first-order chi connectivity index (χ1) is 16.4. The number of nitrogens with zero attached hydrogens (tertiary/aromatic N) is 1. The maximum atomic E-state index is 12.6. The summed E-state index contributed by atoms with van der Waals surface area (Å²) in [5.41, 5.74) is 1.97.